The second-order valence-electron chi connectivity index (χ2n) is 5.74. The maximum Gasteiger partial charge on any atom is 0.0879 e. The van der Waals surface area contributed by atoms with E-state index >= 15 is 0 Å². The minimum Gasteiger partial charge on any atom is -0.388 e. The molecule has 2 aromatic carbocycles. The first-order valence-electron chi connectivity index (χ1n) is 7.43. The third-order valence-corrected chi connectivity index (χ3v) is 4.58. The molecule has 1 aliphatic rings. The van der Waals surface area contributed by atoms with E-state index in [0.29, 0.717) is 0 Å². The van der Waals surface area contributed by atoms with E-state index in [1.165, 1.54) is 11.1 Å². The molecule has 0 radical (unpaired) electrons. The van der Waals surface area contributed by atoms with Crippen LogP contribution in [0.15, 0.2) is 60.9 Å². The van der Waals surface area contributed by atoms with Crippen molar-refractivity contribution < 1.29 is 5.11 Å². The van der Waals surface area contributed by atoms with E-state index in [9.17, 15) is 5.11 Å². The molecule has 1 aliphatic carbocycles. The van der Waals surface area contributed by atoms with Gasteiger partial charge in [-0.15, -0.1) is 0 Å². The summed E-state index contributed by atoms with van der Waals surface area (Å²) in [4.78, 5) is 4.30. The van der Waals surface area contributed by atoms with Crippen molar-refractivity contribution in [3.05, 3.63) is 77.6 Å². The van der Waals surface area contributed by atoms with Crippen LogP contribution in [-0.4, -0.2) is 10.1 Å². The Morgan fingerprint density at radius 3 is 2.76 bits per heavy atom. The molecule has 0 amide bonds. The van der Waals surface area contributed by atoms with Crippen molar-refractivity contribution in [1.82, 2.24) is 4.98 Å². The molecular formula is C19H17NO. The van der Waals surface area contributed by atoms with Gasteiger partial charge in [0.15, 0.2) is 0 Å². The Balaban J connectivity index is 1.80. The zero-order valence-corrected chi connectivity index (χ0v) is 11.7. The Bertz CT molecular complexity index is 791. The van der Waals surface area contributed by atoms with E-state index in [2.05, 4.69) is 35.3 Å². The van der Waals surface area contributed by atoms with Gasteiger partial charge in [-0.05, 0) is 29.4 Å². The molecule has 0 spiro atoms. The number of benzene rings is 2. The summed E-state index contributed by atoms with van der Waals surface area (Å²) in [7, 11) is 0. The lowest BCUT2D eigenvalue weighted by Crippen LogP contribution is -2.09. The Morgan fingerprint density at radius 1 is 1.00 bits per heavy atom. The van der Waals surface area contributed by atoms with Gasteiger partial charge in [-0.25, -0.2) is 0 Å². The molecule has 2 unspecified atom stereocenters. The van der Waals surface area contributed by atoms with E-state index in [1.54, 1.807) is 0 Å². The summed E-state index contributed by atoms with van der Waals surface area (Å²) >= 11 is 0. The standard InChI is InChI=1S/C19H17NO/c21-19(17-10-9-13-5-1-3-7-15(13)17)18-12-20-11-14-6-2-4-8-16(14)18/h1-8,11-12,17,19,21H,9-10H2. The SMILES string of the molecule is OC(c1cncc2ccccc12)C1CCc2ccccc21. The predicted octanol–water partition coefficient (Wildman–Crippen LogP) is 4.00. The number of pyridine rings is 1. The molecule has 2 heteroatoms. The van der Waals surface area contributed by atoms with E-state index in [4.69, 9.17) is 0 Å². The van der Waals surface area contributed by atoms with Gasteiger partial charge in [-0.2, -0.15) is 0 Å². The Morgan fingerprint density at radius 2 is 1.81 bits per heavy atom. The van der Waals surface area contributed by atoms with Crippen molar-refractivity contribution in [1.29, 1.82) is 0 Å². The Hall–Kier alpha value is -2.19. The number of hydrogen-bond acceptors (Lipinski definition) is 2. The maximum absolute atomic E-state index is 10.9. The summed E-state index contributed by atoms with van der Waals surface area (Å²) < 4.78 is 0. The van der Waals surface area contributed by atoms with Gasteiger partial charge in [0.2, 0.25) is 0 Å². The van der Waals surface area contributed by atoms with Crippen LogP contribution in [-0.2, 0) is 6.42 Å². The van der Waals surface area contributed by atoms with E-state index in [1.807, 2.05) is 30.6 Å². The molecule has 2 atom stereocenters. The minimum atomic E-state index is -0.493. The number of fused-ring (bicyclic) bond motifs is 2. The first kappa shape index (κ1) is 12.5. The van der Waals surface area contributed by atoms with Crippen LogP contribution in [0.1, 0.15) is 35.1 Å². The molecule has 4 rings (SSSR count). The number of aryl methyl sites for hydroxylation is 1. The lowest BCUT2D eigenvalue weighted by atomic mass is 9.89. The third kappa shape index (κ3) is 2.03. The van der Waals surface area contributed by atoms with E-state index < -0.39 is 6.10 Å². The van der Waals surface area contributed by atoms with Gasteiger partial charge in [0.25, 0.3) is 0 Å². The fourth-order valence-electron chi connectivity index (χ4n) is 3.51. The second kappa shape index (κ2) is 4.97. The number of hydrogen-bond donors (Lipinski definition) is 1. The van der Waals surface area contributed by atoms with Gasteiger partial charge in [-0.3, -0.25) is 4.98 Å². The van der Waals surface area contributed by atoms with Crippen molar-refractivity contribution in [3.63, 3.8) is 0 Å². The topological polar surface area (TPSA) is 33.1 Å². The average molecular weight is 275 g/mol. The number of rotatable bonds is 2. The average Bonchev–Trinajstić information content (AvgIpc) is 2.98. The van der Waals surface area contributed by atoms with Gasteiger partial charge in [-0.1, -0.05) is 48.5 Å². The second-order valence-corrected chi connectivity index (χ2v) is 5.74. The zero-order valence-electron chi connectivity index (χ0n) is 11.7. The van der Waals surface area contributed by atoms with Crippen LogP contribution in [0, 0.1) is 0 Å². The molecule has 0 fully saturated rings. The van der Waals surface area contributed by atoms with Crippen LogP contribution in [0.3, 0.4) is 0 Å². The highest BCUT2D eigenvalue weighted by Crippen LogP contribution is 2.42. The summed E-state index contributed by atoms with van der Waals surface area (Å²) in [6.07, 6.45) is 5.23. The molecule has 1 N–H and O–H groups in total. The van der Waals surface area contributed by atoms with Crippen LogP contribution in [0.2, 0.25) is 0 Å². The molecule has 0 aliphatic heterocycles. The summed E-state index contributed by atoms with van der Waals surface area (Å²) in [6, 6.07) is 16.6. The molecule has 21 heavy (non-hydrogen) atoms. The summed E-state index contributed by atoms with van der Waals surface area (Å²) in [6.45, 7) is 0. The van der Waals surface area contributed by atoms with Crippen molar-refractivity contribution in [2.24, 2.45) is 0 Å². The number of aromatic nitrogens is 1. The molecule has 0 bridgehead atoms. The van der Waals surface area contributed by atoms with Gasteiger partial charge in [0.1, 0.15) is 0 Å². The van der Waals surface area contributed by atoms with E-state index in [0.717, 1.165) is 29.2 Å². The van der Waals surface area contributed by atoms with Crippen LogP contribution in [0.4, 0.5) is 0 Å². The first-order chi connectivity index (χ1) is 10.3. The predicted molar refractivity (Wildman–Crippen MR) is 84.2 cm³/mol. The minimum absolute atomic E-state index is 0.175. The van der Waals surface area contributed by atoms with Crippen molar-refractivity contribution >= 4 is 10.8 Å². The van der Waals surface area contributed by atoms with Crippen molar-refractivity contribution in [2.45, 2.75) is 24.9 Å². The lowest BCUT2D eigenvalue weighted by Gasteiger charge is -2.20. The highest BCUT2D eigenvalue weighted by atomic mass is 16.3. The molecule has 0 saturated carbocycles. The van der Waals surface area contributed by atoms with Gasteiger partial charge < -0.3 is 5.11 Å². The smallest absolute Gasteiger partial charge is 0.0879 e. The molecule has 3 aromatic rings. The summed E-state index contributed by atoms with van der Waals surface area (Å²) in [5.74, 6) is 0.175. The van der Waals surface area contributed by atoms with Gasteiger partial charge in [0.05, 0.1) is 6.10 Å². The molecule has 1 aromatic heterocycles. The van der Waals surface area contributed by atoms with Crippen LogP contribution in [0.25, 0.3) is 10.8 Å². The van der Waals surface area contributed by atoms with Crippen LogP contribution in [0.5, 0.6) is 0 Å². The van der Waals surface area contributed by atoms with Crippen molar-refractivity contribution in [2.75, 3.05) is 0 Å². The molecule has 1 heterocycles. The number of aliphatic hydroxyl groups is 1. The molecule has 104 valence electrons. The van der Waals surface area contributed by atoms with Crippen LogP contribution >= 0.6 is 0 Å². The fraction of sp³-hybridized carbons (Fsp3) is 0.211. The molecular weight excluding hydrogens is 258 g/mol. The Kier molecular flexibility index (Phi) is 2.97. The molecule has 0 saturated heterocycles. The highest BCUT2D eigenvalue weighted by molar-refractivity contribution is 5.85. The fourth-order valence-corrected chi connectivity index (χ4v) is 3.51. The quantitative estimate of drug-likeness (QED) is 0.767. The first-order valence-corrected chi connectivity index (χ1v) is 7.43. The third-order valence-electron chi connectivity index (χ3n) is 4.58. The van der Waals surface area contributed by atoms with Crippen molar-refractivity contribution in [3.8, 4) is 0 Å². The monoisotopic (exact) mass is 275 g/mol. The Labute approximate surface area is 124 Å². The molecule has 2 nitrogen and oxygen atoms in total. The lowest BCUT2D eigenvalue weighted by molar-refractivity contribution is 0.146. The summed E-state index contributed by atoms with van der Waals surface area (Å²) in [5.41, 5.74) is 3.60. The van der Waals surface area contributed by atoms with Gasteiger partial charge >= 0.3 is 0 Å². The van der Waals surface area contributed by atoms with Crippen LogP contribution < -0.4 is 0 Å². The van der Waals surface area contributed by atoms with Gasteiger partial charge in [0, 0.05) is 29.3 Å². The number of aliphatic hydroxyl groups excluding tert-OH is 1. The zero-order chi connectivity index (χ0) is 14.2. The maximum atomic E-state index is 10.9. The number of nitrogens with zero attached hydrogens (tertiary/aromatic N) is 1. The highest BCUT2D eigenvalue weighted by Gasteiger charge is 2.30. The summed E-state index contributed by atoms with van der Waals surface area (Å²) in [5, 5.41) is 13.1. The normalized spacial score (nSPS) is 18.6. The van der Waals surface area contributed by atoms with E-state index in [-0.39, 0.29) is 5.92 Å². The largest absolute Gasteiger partial charge is 0.388 e.